The molecule has 1 atom stereocenters. The van der Waals surface area contributed by atoms with Crippen LogP contribution in [0, 0.1) is 11.7 Å². The quantitative estimate of drug-likeness (QED) is 0.894. The minimum absolute atomic E-state index is 0.122. The minimum Gasteiger partial charge on any atom is -0.388 e. The number of aliphatic hydroxyl groups excluding tert-OH is 1. The predicted molar refractivity (Wildman–Crippen MR) is 93.3 cm³/mol. The van der Waals surface area contributed by atoms with Crippen molar-refractivity contribution in [1.29, 1.82) is 0 Å². The number of aliphatic hydroxyl groups is 1. The number of hydrogen-bond acceptors (Lipinski definition) is 3. The Morgan fingerprint density at radius 3 is 2.58 bits per heavy atom. The first-order valence-corrected chi connectivity index (χ1v) is 9.25. The first-order valence-electron chi connectivity index (χ1n) is 8.37. The van der Waals surface area contributed by atoms with Crippen molar-refractivity contribution in [2.45, 2.75) is 31.8 Å². The minimum atomic E-state index is -0.589. The van der Waals surface area contributed by atoms with E-state index in [-0.39, 0.29) is 17.6 Å². The molecule has 1 amide bonds. The highest BCUT2D eigenvalue weighted by Gasteiger charge is 2.28. The van der Waals surface area contributed by atoms with Crippen LogP contribution in [0.4, 0.5) is 4.39 Å². The molecule has 3 rings (SSSR count). The maximum atomic E-state index is 13.0. The van der Waals surface area contributed by atoms with E-state index in [1.54, 1.807) is 23.5 Å². The Kier molecular flexibility index (Phi) is 5.63. The van der Waals surface area contributed by atoms with E-state index in [0.717, 1.165) is 24.8 Å². The van der Waals surface area contributed by atoms with Crippen LogP contribution in [0.5, 0.6) is 0 Å². The second-order valence-electron chi connectivity index (χ2n) is 6.29. The van der Waals surface area contributed by atoms with Crippen LogP contribution < -0.4 is 0 Å². The van der Waals surface area contributed by atoms with Crippen LogP contribution in [-0.2, 0) is 11.2 Å². The fourth-order valence-corrected chi connectivity index (χ4v) is 3.95. The molecule has 5 heteroatoms. The third-order valence-electron chi connectivity index (χ3n) is 4.72. The molecule has 0 radical (unpaired) electrons. The monoisotopic (exact) mass is 347 g/mol. The molecule has 24 heavy (non-hydrogen) atoms. The molecule has 1 aliphatic heterocycles. The van der Waals surface area contributed by atoms with E-state index < -0.39 is 6.10 Å². The topological polar surface area (TPSA) is 40.5 Å². The van der Waals surface area contributed by atoms with Crippen LogP contribution in [0.3, 0.4) is 0 Å². The fraction of sp³-hybridized carbons (Fsp3) is 0.421. The number of aryl methyl sites for hydroxylation is 1. The molecule has 2 aromatic rings. The highest BCUT2D eigenvalue weighted by molar-refractivity contribution is 7.09. The van der Waals surface area contributed by atoms with Gasteiger partial charge in [-0.05, 0) is 54.3 Å². The molecule has 1 aliphatic rings. The number of amides is 1. The molecule has 2 heterocycles. The smallest absolute Gasteiger partial charge is 0.222 e. The summed E-state index contributed by atoms with van der Waals surface area (Å²) in [5.41, 5.74) is 0.749. The van der Waals surface area contributed by atoms with Crippen molar-refractivity contribution < 1.29 is 14.3 Å². The van der Waals surface area contributed by atoms with Gasteiger partial charge in [0.1, 0.15) is 5.82 Å². The molecule has 1 aromatic carbocycles. The van der Waals surface area contributed by atoms with Crippen LogP contribution in [0.15, 0.2) is 41.8 Å². The lowest BCUT2D eigenvalue weighted by Crippen LogP contribution is -2.39. The van der Waals surface area contributed by atoms with E-state index in [0.29, 0.717) is 19.5 Å². The predicted octanol–water partition coefficient (Wildman–Crippen LogP) is 3.79. The van der Waals surface area contributed by atoms with Crippen LogP contribution >= 0.6 is 11.3 Å². The average Bonchev–Trinajstić information content (AvgIpc) is 3.13. The van der Waals surface area contributed by atoms with Gasteiger partial charge in [-0.15, -0.1) is 11.3 Å². The fourth-order valence-electron chi connectivity index (χ4n) is 3.24. The number of thiophene rings is 1. The zero-order valence-corrected chi connectivity index (χ0v) is 14.3. The molecular weight excluding hydrogens is 325 g/mol. The molecule has 0 bridgehead atoms. The van der Waals surface area contributed by atoms with Crippen LogP contribution in [0.2, 0.25) is 0 Å². The largest absolute Gasteiger partial charge is 0.388 e. The van der Waals surface area contributed by atoms with Gasteiger partial charge in [-0.25, -0.2) is 4.39 Å². The Balaban J connectivity index is 1.48. The zero-order chi connectivity index (χ0) is 16.9. The van der Waals surface area contributed by atoms with E-state index in [4.69, 9.17) is 0 Å². The Hall–Kier alpha value is -1.72. The van der Waals surface area contributed by atoms with Gasteiger partial charge in [0.05, 0.1) is 6.10 Å². The van der Waals surface area contributed by atoms with Gasteiger partial charge in [0, 0.05) is 24.4 Å². The average molecular weight is 347 g/mol. The molecule has 1 saturated heterocycles. The lowest BCUT2D eigenvalue weighted by Gasteiger charge is -2.34. The van der Waals surface area contributed by atoms with Crippen molar-refractivity contribution >= 4 is 17.2 Å². The third-order valence-corrected chi connectivity index (χ3v) is 5.65. The highest BCUT2D eigenvalue weighted by Crippen LogP contribution is 2.31. The van der Waals surface area contributed by atoms with Crippen LogP contribution in [0.1, 0.15) is 35.8 Å². The van der Waals surface area contributed by atoms with Crippen molar-refractivity contribution in [1.82, 2.24) is 4.90 Å². The molecule has 1 fully saturated rings. The summed E-state index contributed by atoms with van der Waals surface area (Å²) in [5.74, 6) is 0.0204. The molecule has 0 aliphatic carbocycles. The van der Waals surface area contributed by atoms with Gasteiger partial charge in [0.15, 0.2) is 0 Å². The summed E-state index contributed by atoms with van der Waals surface area (Å²) in [7, 11) is 0. The SMILES string of the molecule is O=C(CCc1cccs1)N1CCC(C(O)c2ccc(F)cc2)CC1. The molecule has 0 spiro atoms. The van der Waals surface area contributed by atoms with Gasteiger partial charge in [-0.3, -0.25) is 4.79 Å². The van der Waals surface area contributed by atoms with Crippen LogP contribution in [0.25, 0.3) is 0 Å². The van der Waals surface area contributed by atoms with E-state index >= 15 is 0 Å². The number of carbonyl (C=O) groups excluding carboxylic acids is 1. The third kappa shape index (κ3) is 4.22. The van der Waals surface area contributed by atoms with E-state index in [1.165, 1.54) is 17.0 Å². The number of piperidine rings is 1. The molecular formula is C19H22FNO2S. The Bertz CT molecular complexity index is 649. The number of benzene rings is 1. The van der Waals surface area contributed by atoms with Crippen molar-refractivity contribution in [3.8, 4) is 0 Å². The summed E-state index contributed by atoms with van der Waals surface area (Å²) in [6, 6.07) is 10.1. The molecule has 0 saturated carbocycles. The molecule has 1 aromatic heterocycles. The first kappa shape index (κ1) is 17.1. The lowest BCUT2D eigenvalue weighted by atomic mass is 9.87. The molecule has 1 N–H and O–H groups in total. The Morgan fingerprint density at radius 1 is 1.25 bits per heavy atom. The van der Waals surface area contributed by atoms with Gasteiger partial charge in [-0.1, -0.05) is 18.2 Å². The van der Waals surface area contributed by atoms with Crippen molar-refractivity contribution in [3.05, 3.63) is 58.0 Å². The number of likely N-dealkylation sites (tertiary alicyclic amines) is 1. The molecule has 128 valence electrons. The van der Waals surface area contributed by atoms with Gasteiger partial charge < -0.3 is 10.0 Å². The normalized spacial score (nSPS) is 17.0. The van der Waals surface area contributed by atoms with Gasteiger partial charge in [-0.2, -0.15) is 0 Å². The van der Waals surface area contributed by atoms with E-state index in [2.05, 4.69) is 6.07 Å². The number of halogens is 1. The first-order chi connectivity index (χ1) is 11.6. The Labute approximate surface area is 145 Å². The maximum absolute atomic E-state index is 13.0. The number of nitrogens with zero attached hydrogens (tertiary/aromatic N) is 1. The molecule has 3 nitrogen and oxygen atoms in total. The summed E-state index contributed by atoms with van der Waals surface area (Å²) >= 11 is 1.68. The highest BCUT2D eigenvalue weighted by atomic mass is 32.1. The number of carbonyl (C=O) groups is 1. The zero-order valence-electron chi connectivity index (χ0n) is 13.5. The van der Waals surface area contributed by atoms with Gasteiger partial charge in [0.2, 0.25) is 5.91 Å². The Morgan fingerprint density at radius 2 is 1.96 bits per heavy atom. The van der Waals surface area contributed by atoms with E-state index in [1.807, 2.05) is 16.3 Å². The standard InChI is InChI=1S/C19H22FNO2S/c20-16-5-3-14(4-6-16)19(23)15-9-11-21(12-10-15)18(22)8-7-17-2-1-13-24-17/h1-6,13,15,19,23H,7-12H2. The summed E-state index contributed by atoms with van der Waals surface area (Å²) in [5, 5.41) is 12.5. The van der Waals surface area contributed by atoms with E-state index in [9.17, 15) is 14.3 Å². The van der Waals surface area contributed by atoms with Gasteiger partial charge in [0.25, 0.3) is 0 Å². The maximum Gasteiger partial charge on any atom is 0.222 e. The number of hydrogen-bond donors (Lipinski definition) is 1. The van der Waals surface area contributed by atoms with Crippen molar-refractivity contribution in [2.24, 2.45) is 5.92 Å². The summed E-state index contributed by atoms with van der Waals surface area (Å²) in [6.45, 7) is 1.37. The number of rotatable bonds is 5. The second kappa shape index (κ2) is 7.90. The summed E-state index contributed by atoms with van der Waals surface area (Å²) in [6.07, 6.45) is 2.32. The van der Waals surface area contributed by atoms with Crippen LogP contribution in [-0.4, -0.2) is 29.0 Å². The van der Waals surface area contributed by atoms with Gasteiger partial charge >= 0.3 is 0 Å². The van der Waals surface area contributed by atoms with Crippen molar-refractivity contribution in [2.75, 3.05) is 13.1 Å². The summed E-state index contributed by atoms with van der Waals surface area (Å²) in [4.78, 5) is 15.4. The van der Waals surface area contributed by atoms with Crippen molar-refractivity contribution in [3.63, 3.8) is 0 Å². The summed E-state index contributed by atoms with van der Waals surface area (Å²) < 4.78 is 13.0. The molecule has 1 unspecified atom stereocenters. The lowest BCUT2D eigenvalue weighted by molar-refractivity contribution is -0.133. The second-order valence-corrected chi connectivity index (χ2v) is 7.33.